The van der Waals surface area contributed by atoms with Crippen LogP contribution >= 0.6 is 0 Å². The second-order valence-corrected chi connectivity index (χ2v) is 12.5. The Morgan fingerprint density at radius 2 is 0.949 bits per heavy atom. The number of nitrogens with zero attached hydrogens (tertiary/aromatic N) is 1. The van der Waals surface area contributed by atoms with Gasteiger partial charge in [0.2, 0.25) is 0 Å². The molecule has 0 spiro atoms. The monoisotopic (exact) mass is 575 g/mol. The first-order valence-electron chi connectivity index (χ1n) is 16.4. The maximum atomic E-state index is 12.5. The van der Waals surface area contributed by atoms with Crippen LogP contribution in [0.5, 0.6) is 0 Å². The summed E-state index contributed by atoms with van der Waals surface area (Å²) in [5.74, 6) is -0.427. The summed E-state index contributed by atoms with van der Waals surface area (Å²) < 4.78 is 11.9. The van der Waals surface area contributed by atoms with Crippen LogP contribution in [0.4, 0.5) is 0 Å². The van der Waals surface area contributed by atoms with Crippen LogP contribution in [0.1, 0.15) is 162 Å². The van der Waals surface area contributed by atoms with Crippen LogP contribution in [0.2, 0.25) is 0 Å². The molecule has 0 aliphatic rings. The van der Waals surface area contributed by atoms with Crippen molar-refractivity contribution in [2.24, 2.45) is 0 Å². The molecule has 6 heteroatoms. The summed E-state index contributed by atoms with van der Waals surface area (Å²) in [4.78, 5) is 24.9. The van der Waals surface area contributed by atoms with Crippen molar-refractivity contribution in [1.82, 2.24) is 0 Å². The highest BCUT2D eigenvalue weighted by atomic mass is 35.5. The van der Waals surface area contributed by atoms with E-state index < -0.39 is 6.10 Å². The van der Waals surface area contributed by atoms with Gasteiger partial charge >= 0.3 is 11.9 Å². The largest absolute Gasteiger partial charge is 1.00 e. The van der Waals surface area contributed by atoms with Crippen LogP contribution in [0.25, 0.3) is 0 Å². The van der Waals surface area contributed by atoms with E-state index in [2.05, 4.69) is 35.0 Å². The SMILES string of the molecule is CCCCCCCCCCCCCCC(=O)OC(CC(=O)OCCCCCCCCCCC)C[N+](C)(C)C.[Cl-]. The van der Waals surface area contributed by atoms with Gasteiger partial charge in [0.15, 0.2) is 6.10 Å². The molecule has 234 valence electrons. The van der Waals surface area contributed by atoms with Gasteiger partial charge in [-0.05, 0) is 12.8 Å². The predicted molar refractivity (Wildman–Crippen MR) is 161 cm³/mol. The lowest BCUT2D eigenvalue weighted by atomic mass is 10.0. The van der Waals surface area contributed by atoms with Gasteiger partial charge in [0, 0.05) is 6.42 Å². The minimum absolute atomic E-state index is 0. The molecule has 0 saturated carbocycles. The van der Waals surface area contributed by atoms with E-state index in [1.54, 1.807) is 0 Å². The molecule has 0 saturated heterocycles. The van der Waals surface area contributed by atoms with Gasteiger partial charge in [-0.3, -0.25) is 9.59 Å². The van der Waals surface area contributed by atoms with Crippen LogP contribution < -0.4 is 12.4 Å². The Labute approximate surface area is 249 Å². The van der Waals surface area contributed by atoms with Gasteiger partial charge in [-0.25, -0.2) is 0 Å². The van der Waals surface area contributed by atoms with Crippen molar-refractivity contribution in [3.05, 3.63) is 0 Å². The third-order valence-electron chi connectivity index (χ3n) is 7.19. The fourth-order valence-electron chi connectivity index (χ4n) is 4.95. The molecule has 0 aliphatic heterocycles. The minimum atomic E-state index is -0.421. The van der Waals surface area contributed by atoms with Gasteiger partial charge < -0.3 is 26.4 Å². The van der Waals surface area contributed by atoms with Gasteiger partial charge in [0.1, 0.15) is 6.54 Å². The summed E-state index contributed by atoms with van der Waals surface area (Å²) in [5.41, 5.74) is 0. The molecule has 0 aliphatic carbocycles. The van der Waals surface area contributed by atoms with E-state index in [4.69, 9.17) is 9.47 Å². The van der Waals surface area contributed by atoms with E-state index in [0.717, 1.165) is 25.7 Å². The second-order valence-electron chi connectivity index (χ2n) is 12.5. The lowest BCUT2D eigenvalue weighted by Crippen LogP contribution is -3.00. The summed E-state index contributed by atoms with van der Waals surface area (Å²) in [6.07, 6.45) is 26.6. The van der Waals surface area contributed by atoms with E-state index in [1.807, 2.05) is 0 Å². The smallest absolute Gasteiger partial charge is 0.309 e. The number of ether oxygens (including phenoxy) is 2. The molecular formula is C33H66ClNO4. The zero-order valence-electron chi connectivity index (χ0n) is 26.7. The summed E-state index contributed by atoms with van der Waals surface area (Å²) in [7, 11) is 6.17. The van der Waals surface area contributed by atoms with Gasteiger partial charge in [0.05, 0.1) is 34.2 Å². The standard InChI is InChI=1S/C33H66NO4.ClH/c1-6-8-10-12-14-16-17-18-19-21-23-25-27-32(35)38-31(30-34(3,4)5)29-33(36)37-28-26-24-22-20-15-13-11-9-7-2;/h31H,6-30H2,1-5H3;1H/q+1;/p-1. The molecule has 0 aromatic heterocycles. The zero-order chi connectivity index (χ0) is 28.3. The summed E-state index contributed by atoms with van der Waals surface area (Å²) in [5, 5.41) is 0. The normalized spacial score (nSPS) is 12.1. The second kappa shape index (κ2) is 28.7. The van der Waals surface area contributed by atoms with Crippen LogP contribution in [0.15, 0.2) is 0 Å². The number of halogens is 1. The molecule has 0 aromatic carbocycles. The lowest BCUT2D eigenvalue weighted by Gasteiger charge is -2.28. The summed E-state index contributed by atoms with van der Waals surface area (Å²) >= 11 is 0. The Morgan fingerprint density at radius 3 is 1.36 bits per heavy atom. The van der Waals surface area contributed by atoms with Gasteiger partial charge in [-0.1, -0.05) is 136 Å². The lowest BCUT2D eigenvalue weighted by molar-refractivity contribution is -0.873. The number of carbonyl (C=O) groups is 2. The number of rotatable bonds is 28. The van der Waals surface area contributed by atoms with Crippen molar-refractivity contribution >= 4 is 11.9 Å². The van der Waals surface area contributed by atoms with Crippen molar-refractivity contribution in [2.75, 3.05) is 34.3 Å². The van der Waals surface area contributed by atoms with Crippen molar-refractivity contribution in [3.63, 3.8) is 0 Å². The number of unbranched alkanes of at least 4 members (excludes halogenated alkanes) is 19. The number of hydrogen-bond acceptors (Lipinski definition) is 4. The molecule has 0 aromatic rings. The third kappa shape index (κ3) is 31.6. The van der Waals surface area contributed by atoms with Crippen molar-refractivity contribution in [3.8, 4) is 0 Å². The van der Waals surface area contributed by atoms with Crippen LogP contribution in [0, 0.1) is 0 Å². The Bertz CT molecular complexity index is 550. The first-order chi connectivity index (χ1) is 18.3. The molecule has 0 N–H and O–H groups in total. The Morgan fingerprint density at radius 1 is 0.564 bits per heavy atom. The topological polar surface area (TPSA) is 52.6 Å². The molecular weight excluding hydrogens is 510 g/mol. The highest BCUT2D eigenvalue weighted by molar-refractivity contribution is 5.72. The first kappa shape index (κ1) is 40.3. The molecule has 0 heterocycles. The number of hydrogen-bond donors (Lipinski definition) is 0. The average molecular weight is 576 g/mol. The average Bonchev–Trinajstić information content (AvgIpc) is 2.84. The quantitative estimate of drug-likeness (QED) is 0.0636. The molecule has 1 atom stereocenters. The highest BCUT2D eigenvalue weighted by Gasteiger charge is 2.25. The molecule has 0 radical (unpaired) electrons. The van der Waals surface area contributed by atoms with Gasteiger partial charge in [-0.2, -0.15) is 0 Å². The molecule has 0 rings (SSSR count). The fourth-order valence-corrected chi connectivity index (χ4v) is 4.95. The molecule has 5 nitrogen and oxygen atoms in total. The van der Waals surface area contributed by atoms with E-state index in [1.165, 1.54) is 109 Å². The highest BCUT2D eigenvalue weighted by Crippen LogP contribution is 2.14. The zero-order valence-corrected chi connectivity index (χ0v) is 27.5. The molecule has 0 bridgehead atoms. The summed E-state index contributed by atoms with van der Waals surface area (Å²) in [6, 6.07) is 0. The number of carbonyl (C=O) groups excluding carboxylic acids is 2. The van der Waals surface area contributed by atoms with E-state index in [9.17, 15) is 9.59 Å². The fraction of sp³-hybridized carbons (Fsp3) is 0.939. The van der Waals surface area contributed by atoms with Gasteiger partial charge in [0.25, 0.3) is 0 Å². The van der Waals surface area contributed by atoms with E-state index in [-0.39, 0.29) is 30.8 Å². The predicted octanol–water partition coefficient (Wildman–Crippen LogP) is 6.16. The Balaban J connectivity index is 0. The minimum Gasteiger partial charge on any atom is -1.00 e. The van der Waals surface area contributed by atoms with Crippen LogP contribution in [-0.4, -0.2) is 56.8 Å². The molecule has 0 fully saturated rings. The molecule has 39 heavy (non-hydrogen) atoms. The van der Waals surface area contributed by atoms with Crippen LogP contribution in [0.3, 0.4) is 0 Å². The number of esters is 2. The van der Waals surface area contributed by atoms with Crippen molar-refractivity contribution in [2.45, 2.75) is 168 Å². The Hall–Kier alpha value is -0.810. The number of quaternary nitrogens is 1. The van der Waals surface area contributed by atoms with E-state index in [0.29, 0.717) is 24.1 Å². The summed E-state index contributed by atoms with van der Waals surface area (Å²) in [6.45, 7) is 5.59. The number of likely N-dealkylation sites (N-methyl/N-ethyl adjacent to an activating group) is 1. The first-order valence-corrected chi connectivity index (χ1v) is 16.4. The molecule has 1 unspecified atom stereocenters. The van der Waals surface area contributed by atoms with Crippen molar-refractivity contribution in [1.29, 1.82) is 0 Å². The maximum Gasteiger partial charge on any atom is 0.309 e. The van der Waals surface area contributed by atoms with Gasteiger partial charge in [-0.15, -0.1) is 0 Å². The van der Waals surface area contributed by atoms with Crippen LogP contribution in [-0.2, 0) is 19.1 Å². The van der Waals surface area contributed by atoms with Crippen molar-refractivity contribution < 1.29 is 36.0 Å². The third-order valence-corrected chi connectivity index (χ3v) is 7.19. The molecule has 0 amide bonds. The maximum absolute atomic E-state index is 12.5. The Kier molecular flexibility index (Phi) is 29.7. The van der Waals surface area contributed by atoms with E-state index >= 15 is 0 Å².